The van der Waals surface area contributed by atoms with Gasteiger partial charge < -0.3 is 10.6 Å². The topological polar surface area (TPSA) is 58.2 Å². The highest BCUT2D eigenvalue weighted by Crippen LogP contribution is 2.15. The predicted octanol–water partition coefficient (Wildman–Crippen LogP) is 3.58. The summed E-state index contributed by atoms with van der Waals surface area (Å²) in [6.07, 6.45) is 5.52. The Morgan fingerprint density at radius 2 is 1.73 bits per heavy atom. The van der Waals surface area contributed by atoms with E-state index in [4.69, 9.17) is 6.42 Å². The van der Waals surface area contributed by atoms with Crippen LogP contribution in [-0.4, -0.2) is 18.4 Å². The Hall–Kier alpha value is -3.58. The first-order valence-corrected chi connectivity index (χ1v) is 8.29. The number of terminal acetylenes is 1. The Labute approximate surface area is 152 Å². The van der Waals surface area contributed by atoms with E-state index in [1.54, 1.807) is 30.3 Å². The number of carbonyl (C=O) groups is 2. The van der Waals surface area contributed by atoms with Crippen LogP contribution in [0.5, 0.6) is 0 Å². The minimum Gasteiger partial charge on any atom is -0.352 e. The van der Waals surface area contributed by atoms with Crippen LogP contribution in [0.15, 0.2) is 66.7 Å². The first-order valence-electron chi connectivity index (χ1n) is 8.29. The highest BCUT2D eigenvalue weighted by molar-refractivity contribution is 5.99. The minimum absolute atomic E-state index is 0.180. The Balaban J connectivity index is 1.52. The molecule has 0 aliphatic carbocycles. The molecule has 2 N–H and O–H groups in total. The second-order valence-electron chi connectivity index (χ2n) is 5.84. The lowest BCUT2D eigenvalue weighted by molar-refractivity contribution is -0.116. The van der Waals surface area contributed by atoms with E-state index in [1.165, 1.54) is 0 Å². The summed E-state index contributed by atoms with van der Waals surface area (Å²) in [5, 5.41) is 7.63. The maximum Gasteiger partial charge on any atom is 0.251 e. The monoisotopic (exact) mass is 342 g/mol. The van der Waals surface area contributed by atoms with E-state index in [0.29, 0.717) is 16.8 Å². The molecule has 0 saturated heterocycles. The number of hydrogen-bond acceptors (Lipinski definition) is 2. The summed E-state index contributed by atoms with van der Waals surface area (Å²) in [4.78, 5) is 24.2. The molecule has 0 aliphatic heterocycles. The molecule has 0 radical (unpaired) electrons. The van der Waals surface area contributed by atoms with Crippen molar-refractivity contribution in [3.8, 4) is 12.3 Å². The van der Waals surface area contributed by atoms with Gasteiger partial charge in [0.25, 0.3) is 5.91 Å². The molecule has 0 fully saturated rings. The van der Waals surface area contributed by atoms with Crippen molar-refractivity contribution in [2.45, 2.75) is 6.42 Å². The van der Waals surface area contributed by atoms with Crippen LogP contribution in [0.3, 0.4) is 0 Å². The van der Waals surface area contributed by atoms with Gasteiger partial charge in [0, 0.05) is 29.8 Å². The smallest absolute Gasteiger partial charge is 0.251 e. The zero-order chi connectivity index (χ0) is 18.4. The second kappa shape index (κ2) is 8.00. The van der Waals surface area contributed by atoms with E-state index in [9.17, 15) is 9.59 Å². The van der Waals surface area contributed by atoms with Crippen LogP contribution < -0.4 is 10.6 Å². The number of fused-ring (bicyclic) bond motifs is 1. The molecule has 0 aliphatic rings. The number of benzene rings is 3. The van der Waals surface area contributed by atoms with Crippen molar-refractivity contribution >= 4 is 28.3 Å². The van der Waals surface area contributed by atoms with Crippen LogP contribution in [-0.2, 0) is 4.79 Å². The third-order valence-electron chi connectivity index (χ3n) is 3.96. The first-order chi connectivity index (χ1) is 12.7. The maximum atomic E-state index is 12.2. The molecule has 3 rings (SSSR count). The van der Waals surface area contributed by atoms with Gasteiger partial charge in [-0.2, -0.15) is 0 Å². The van der Waals surface area contributed by atoms with Gasteiger partial charge in [-0.3, -0.25) is 9.59 Å². The summed E-state index contributed by atoms with van der Waals surface area (Å²) in [6.45, 7) is 0.256. The van der Waals surface area contributed by atoms with E-state index in [2.05, 4.69) is 16.6 Å². The van der Waals surface area contributed by atoms with Gasteiger partial charge in [0.05, 0.1) is 0 Å². The van der Waals surface area contributed by atoms with E-state index >= 15 is 0 Å². The molecule has 3 aromatic carbocycles. The van der Waals surface area contributed by atoms with Crippen LogP contribution in [0.25, 0.3) is 10.8 Å². The summed E-state index contributed by atoms with van der Waals surface area (Å²) in [7, 11) is 0. The van der Waals surface area contributed by atoms with Gasteiger partial charge in [0.15, 0.2) is 0 Å². The molecule has 3 aromatic rings. The lowest BCUT2D eigenvalue weighted by Crippen LogP contribution is -2.27. The average molecular weight is 342 g/mol. The summed E-state index contributed by atoms with van der Waals surface area (Å²) < 4.78 is 0. The van der Waals surface area contributed by atoms with Crippen molar-refractivity contribution in [1.82, 2.24) is 5.32 Å². The molecule has 128 valence electrons. The zero-order valence-electron chi connectivity index (χ0n) is 14.2. The van der Waals surface area contributed by atoms with Gasteiger partial charge in [-0.15, -0.1) is 6.42 Å². The van der Waals surface area contributed by atoms with Crippen LogP contribution in [0, 0.1) is 12.3 Å². The van der Waals surface area contributed by atoms with Gasteiger partial charge >= 0.3 is 0 Å². The fourth-order valence-electron chi connectivity index (χ4n) is 2.63. The van der Waals surface area contributed by atoms with E-state index in [0.717, 1.165) is 10.8 Å². The zero-order valence-corrected chi connectivity index (χ0v) is 14.2. The largest absolute Gasteiger partial charge is 0.352 e. The molecule has 0 heterocycles. The van der Waals surface area contributed by atoms with E-state index in [-0.39, 0.29) is 24.8 Å². The first kappa shape index (κ1) is 17.2. The van der Waals surface area contributed by atoms with Crippen molar-refractivity contribution in [2.75, 3.05) is 11.9 Å². The van der Waals surface area contributed by atoms with Gasteiger partial charge in [-0.1, -0.05) is 42.3 Å². The van der Waals surface area contributed by atoms with Gasteiger partial charge in [0.2, 0.25) is 5.91 Å². The molecule has 26 heavy (non-hydrogen) atoms. The summed E-state index contributed by atoms with van der Waals surface area (Å²) in [5.74, 6) is 2.14. The lowest BCUT2D eigenvalue weighted by Gasteiger charge is -2.08. The van der Waals surface area contributed by atoms with Gasteiger partial charge in [-0.05, 0) is 41.1 Å². The van der Waals surface area contributed by atoms with Crippen LogP contribution in [0.4, 0.5) is 5.69 Å². The summed E-state index contributed by atoms with van der Waals surface area (Å²) in [6, 6.07) is 20.5. The molecule has 4 heteroatoms. The second-order valence-corrected chi connectivity index (χ2v) is 5.84. The van der Waals surface area contributed by atoms with Crippen molar-refractivity contribution in [3.05, 3.63) is 77.9 Å². The Bertz CT molecular complexity index is 1000. The molecule has 4 nitrogen and oxygen atoms in total. The third kappa shape index (κ3) is 4.28. The van der Waals surface area contributed by atoms with Crippen molar-refractivity contribution in [1.29, 1.82) is 0 Å². The third-order valence-corrected chi connectivity index (χ3v) is 3.96. The molecule has 0 spiro atoms. The van der Waals surface area contributed by atoms with Crippen molar-refractivity contribution in [2.24, 2.45) is 0 Å². The highest BCUT2D eigenvalue weighted by Gasteiger charge is 2.08. The number of hydrogen-bond donors (Lipinski definition) is 2. The average Bonchev–Trinajstić information content (AvgIpc) is 2.67. The molecule has 0 bridgehead atoms. The molecule has 0 saturated carbocycles. The van der Waals surface area contributed by atoms with E-state index in [1.807, 2.05) is 36.4 Å². The molecule has 2 amide bonds. The van der Waals surface area contributed by atoms with Crippen LogP contribution in [0.2, 0.25) is 0 Å². The number of amides is 2. The fourth-order valence-corrected chi connectivity index (χ4v) is 2.63. The summed E-state index contributed by atoms with van der Waals surface area (Å²) >= 11 is 0. The highest BCUT2D eigenvalue weighted by atomic mass is 16.2. The summed E-state index contributed by atoms with van der Waals surface area (Å²) in [5.41, 5.74) is 1.92. The molecular weight excluding hydrogens is 324 g/mol. The van der Waals surface area contributed by atoms with Crippen molar-refractivity contribution < 1.29 is 9.59 Å². The predicted molar refractivity (Wildman–Crippen MR) is 104 cm³/mol. The fraction of sp³-hybridized carbons (Fsp3) is 0.0909. The molecule has 0 aromatic heterocycles. The van der Waals surface area contributed by atoms with Gasteiger partial charge in [-0.25, -0.2) is 0 Å². The Morgan fingerprint density at radius 1 is 0.923 bits per heavy atom. The van der Waals surface area contributed by atoms with Crippen LogP contribution >= 0.6 is 0 Å². The molecule has 0 unspecified atom stereocenters. The number of anilines is 1. The standard InChI is InChI=1S/C22H18N2O2/c1-2-16-6-5-9-20(14-16)24-21(25)12-13-23-22(26)19-11-10-17-7-3-4-8-18(17)15-19/h1,3-11,14-15H,12-13H2,(H,23,26)(H,24,25). The molecule has 0 atom stereocenters. The number of rotatable bonds is 5. The quantitative estimate of drug-likeness (QED) is 0.696. The van der Waals surface area contributed by atoms with Crippen molar-refractivity contribution in [3.63, 3.8) is 0 Å². The Morgan fingerprint density at radius 3 is 2.54 bits per heavy atom. The van der Waals surface area contributed by atoms with Crippen LogP contribution in [0.1, 0.15) is 22.3 Å². The van der Waals surface area contributed by atoms with E-state index < -0.39 is 0 Å². The Kier molecular flexibility index (Phi) is 5.31. The SMILES string of the molecule is C#Cc1cccc(NC(=O)CCNC(=O)c2ccc3ccccc3c2)c1. The number of nitrogens with one attached hydrogen (secondary N) is 2. The lowest BCUT2D eigenvalue weighted by atomic mass is 10.1. The number of carbonyl (C=O) groups excluding carboxylic acids is 2. The maximum absolute atomic E-state index is 12.2. The van der Waals surface area contributed by atoms with Gasteiger partial charge in [0.1, 0.15) is 0 Å². The minimum atomic E-state index is -0.196. The molecular formula is C22H18N2O2. The normalized spacial score (nSPS) is 10.1.